The highest BCUT2D eigenvalue weighted by molar-refractivity contribution is 5.92. The Hall–Kier alpha value is -2.10. The third-order valence-electron chi connectivity index (χ3n) is 3.08. The highest BCUT2D eigenvalue weighted by Gasteiger charge is 2.15. The van der Waals surface area contributed by atoms with Crippen LogP contribution >= 0.6 is 0 Å². The molecule has 4 heteroatoms. The van der Waals surface area contributed by atoms with E-state index >= 15 is 0 Å². The molecule has 0 saturated carbocycles. The van der Waals surface area contributed by atoms with Gasteiger partial charge in [-0.3, -0.25) is 9.78 Å². The molecule has 0 spiro atoms. The first-order chi connectivity index (χ1) is 9.31. The third kappa shape index (κ3) is 3.68. The number of rotatable bonds is 6. The predicted octanol–water partition coefficient (Wildman–Crippen LogP) is 3.07. The lowest BCUT2D eigenvalue weighted by molar-refractivity contribution is 0.0929. The molecule has 0 radical (unpaired) electrons. The number of nitrogens with one attached hydrogen (secondary N) is 2. The molecule has 2 aromatic rings. The van der Waals surface area contributed by atoms with Gasteiger partial charge in [0, 0.05) is 18.6 Å². The van der Waals surface area contributed by atoms with E-state index in [-0.39, 0.29) is 11.9 Å². The topological polar surface area (TPSA) is 57.8 Å². The van der Waals surface area contributed by atoms with E-state index in [9.17, 15) is 4.79 Å². The van der Waals surface area contributed by atoms with Crippen molar-refractivity contribution in [3.63, 3.8) is 0 Å². The molecule has 0 aliphatic rings. The molecule has 2 rings (SSSR count). The van der Waals surface area contributed by atoms with E-state index in [1.165, 1.54) is 0 Å². The summed E-state index contributed by atoms with van der Waals surface area (Å²) in [6.45, 7) is 2.15. The van der Waals surface area contributed by atoms with E-state index in [0.29, 0.717) is 5.69 Å². The average molecular weight is 257 g/mol. The maximum atomic E-state index is 12.1. The Labute approximate surface area is 113 Å². The molecule has 19 heavy (non-hydrogen) atoms. The van der Waals surface area contributed by atoms with Crippen LogP contribution in [0.25, 0.3) is 0 Å². The van der Waals surface area contributed by atoms with Gasteiger partial charge in [0.1, 0.15) is 5.69 Å². The van der Waals surface area contributed by atoms with Gasteiger partial charge in [-0.15, -0.1) is 0 Å². The highest BCUT2D eigenvalue weighted by Crippen LogP contribution is 2.18. The van der Waals surface area contributed by atoms with Crippen LogP contribution in [0.3, 0.4) is 0 Å². The van der Waals surface area contributed by atoms with Crippen molar-refractivity contribution in [2.24, 2.45) is 0 Å². The van der Waals surface area contributed by atoms with Crippen molar-refractivity contribution in [2.45, 2.75) is 32.2 Å². The minimum Gasteiger partial charge on any atom is -0.357 e. The standard InChI is InChI=1S/C15H19N3O/c1-2-3-7-13(12-6-4-9-16-11-12)18-15(19)14-8-5-10-17-14/h4-6,8-11,13,17H,2-3,7H2,1H3,(H,18,19). The molecule has 0 aliphatic heterocycles. The second kappa shape index (κ2) is 6.73. The summed E-state index contributed by atoms with van der Waals surface area (Å²) in [5.41, 5.74) is 1.64. The zero-order valence-corrected chi connectivity index (χ0v) is 11.1. The molecule has 4 nitrogen and oxygen atoms in total. The molecule has 0 aromatic carbocycles. The summed E-state index contributed by atoms with van der Waals surface area (Å²) >= 11 is 0. The summed E-state index contributed by atoms with van der Waals surface area (Å²) in [5.74, 6) is -0.0741. The van der Waals surface area contributed by atoms with Gasteiger partial charge in [0.25, 0.3) is 5.91 Å². The van der Waals surface area contributed by atoms with Crippen LogP contribution < -0.4 is 5.32 Å². The molecule has 0 aliphatic carbocycles. The minimum atomic E-state index is -0.0741. The van der Waals surface area contributed by atoms with Gasteiger partial charge in [-0.1, -0.05) is 25.8 Å². The highest BCUT2D eigenvalue weighted by atomic mass is 16.1. The van der Waals surface area contributed by atoms with E-state index in [4.69, 9.17) is 0 Å². The number of hydrogen-bond acceptors (Lipinski definition) is 2. The molecular weight excluding hydrogens is 238 g/mol. The second-order valence-corrected chi connectivity index (χ2v) is 4.54. The summed E-state index contributed by atoms with van der Waals surface area (Å²) in [6, 6.07) is 7.51. The van der Waals surface area contributed by atoms with Crippen LogP contribution in [0.15, 0.2) is 42.9 Å². The number of hydrogen-bond donors (Lipinski definition) is 2. The number of nitrogens with zero attached hydrogens (tertiary/aromatic N) is 1. The summed E-state index contributed by atoms with van der Waals surface area (Å²) in [7, 11) is 0. The number of unbranched alkanes of at least 4 members (excludes halogenated alkanes) is 1. The van der Waals surface area contributed by atoms with Gasteiger partial charge < -0.3 is 10.3 Å². The van der Waals surface area contributed by atoms with Crippen LogP contribution in [0.1, 0.15) is 48.3 Å². The van der Waals surface area contributed by atoms with Crippen LogP contribution in [-0.2, 0) is 0 Å². The second-order valence-electron chi connectivity index (χ2n) is 4.54. The Kier molecular flexibility index (Phi) is 4.72. The van der Waals surface area contributed by atoms with Crippen molar-refractivity contribution in [1.82, 2.24) is 15.3 Å². The summed E-state index contributed by atoms with van der Waals surface area (Å²) in [5, 5.41) is 3.06. The minimum absolute atomic E-state index is 0.0180. The van der Waals surface area contributed by atoms with Crippen molar-refractivity contribution in [2.75, 3.05) is 0 Å². The fourth-order valence-corrected chi connectivity index (χ4v) is 2.02. The monoisotopic (exact) mass is 257 g/mol. The number of H-pyrrole nitrogens is 1. The van der Waals surface area contributed by atoms with Gasteiger partial charge in [-0.05, 0) is 30.2 Å². The van der Waals surface area contributed by atoms with Crippen molar-refractivity contribution >= 4 is 5.91 Å². The first-order valence-electron chi connectivity index (χ1n) is 6.65. The zero-order valence-electron chi connectivity index (χ0n) is 11.1. The number of aromatic nitrogens is 2. The fourth-order valence-electron chi connectivity index (χ4n) is 2.02. The lowest BCUT2D eigenvalue weighted by Crippen LogP contribution is -2.28. The van der Waals surface area contributed by atoms with Gasteiger partial charge >= 0.3 is 0 Å². The molecule has 1 atom stereocenters. The van der Waals surface area contributed by atoms with Gasteiger partial charge in [-0.2, -0.15) is 0 Å². The fraction of sp³-hybridized carbons (Fsp3) is 0.333. The van der Waals surface area contributed by atoms with Gasteiger partial charge in [0.2, 0.25) is 0 Å². The van der Waals surface area contributed by atoms with Crippen molar-refractivity contribution < 1.29 is 4.79 Å². The number of carbonyl (C=O) groups is 1. The van der Waals surface area contributed by atoms with E-state index in [1.807, 2.05) is 24.4 Å². The van der Waals surface area contributed by atoms with Crippen LogP contribution in [0.5, 0.6) is 0 Å². The Bertz CT molecular complexity index is 493. The molecule has 1 amide bonds. The number of carbonyl (C=O) groups excluding carboxylic acids is 1. The van der Waals surface area contributed by atoms with E-state index in [1.54, 1.807) is 18.5 Å². The first kappa shape index (κ1) is 13.3. The molecule has 100 valence electrons. The largest absolute Gasteiger partial charge is 0.357 e. The molecule has 2 heterocycles. The van der Waals surface area contributed by atoms with E-state index in [2.05, 4.69) is 22.2 Å². The number of pyridine rings is 1. The smallest absolute Gasteiger partial charge is 0.268 e. The number of amides is 1. The SMILES string of the molecule is CCCCC(NC(=O)c1ccc[nH]1)c1cccnc1. The average Bonchev–Trinajstić information content (AvgIpc) is 2.98. The van der Waals surface area contributed by atoms with Crippen molar-refractivity contribution in [3.05, 3.63) is 54.1 Å². The van der Waals surface area contributed by atoms with E-state index < -0.39 is 0 Å². The summed E-state index contributed by atoms with van der Waals surface area (Å²) in [4.78, 5) is 19.1. The lowest BCUT2D eigenvalue weighted by atomic mass is 10.0. The van der Waals surface area contributed by atoms with Gasteiger partial charge in [-0.25, -0.2) is 0 Å². The molecule has 2 aromatic heterocycles. The molecular formula is C15H19N3O. The van der Waals surface area contributed by atoms with Gasteiger partial charge in [0.15, 0.2) is 0 Å². The van der Waals surface area contributed by atoms with Crippen LogP contribution in [0.4, 0.5) is 0 Å². The normalized spacial score (nSPS) is 12.1. The van der Waals surface area contributed by atoms with Crippen LogP contribution in [0, 0.1) is 0 Å². The Balaban J connectivity index is 2.08. The Morgan fingerprint density at radius 3 is 2.95 bits per heavy atom. The maximum Gasteiger partial charge on any atom is 0.268 e. The molecule has 1 unspecified atom stereocenters. The summed E-state index contributed by atoms with van der Waals surface area (Å²) in [6.07, 6.45) is 8.41. The van der Waals surface area contributed by atoms with Crippen molar-refractivity contribution in [3.8, 4) is 0 Å². The van der Waals surface area contributed by atoms with Crippen molar-refractivity contribution in [1.29, 1.82) is 0 Å². The van der Waals surface area contributed by atoms with E-state index in [0.717, 1.165) is 24.8 Å². The quantitative estimate of drug-likeness (QED) is 0.835. The molecule has 0 fully saturated rings. The molecule has 0 saturated heterocycles. The Morgan fingerprint density at radius 1 is 1.42 bits per heavy atom. The first-order valence-corrected chi connectivity index (χ1v) is 6.65. The number of aromatic amines is 1. The predicted molar refractivity (Wildman–Crippen MR) is 74.8 cm³/mol. The Morgan fingerprint density at radius 2 is 2.32 bits per heavy atom. The van der Waals surface area contributed by atoms with Gasteiger partial charge in [0.05, 0.1) is 6.04 Å². The maximum absolute atomic E-state index is 12.1. The molecule has 0 bridgehead atoms. The van der Waals surface area contributed by atoms with Crippen LogP contribution in [-0.4, -0.2) is 15.9 Å². The third-order valence-corrected chi connectivity index (χ3v) is 3.08. The van der Waals surface area contributed by atoms with Crippen LogP contribution in [0.2, 0.25) is 0 Å². The zero-order chi connectivity index (χ0) is 13.5. The molecule has 2 N–H and O–H groups in total. The lowest BCUT2D eigenvalue weighted by Gasteiger charge is -2.18. The summed E-state index contributed by atoms with van der Waals surface area (Å²) < 4.78 is 0.